The van der Waals surface area contributed by atoms with Crippen molar-refractivity contribution in [2.45, 2.75) is 62.7 Å². The molecule has 4 rings (SSSR count). The van der Waals surface area contributed by atoms with E-state index >= 15 is 0 Å². The number of aliphatic imine (C=N–C) groups is 2. The Bertz CT molecular complexity index is 1820. The average molecular weight is 730 g/mol. The van der Waals surface area contributed by atoms with Gasteiger partial charge in [-0.1, -0.05) is 54.6 Å². The molecule has 0 spiro atoms. The summed E-state index contributed by atoms with van der Waals surface area (Å²) in [7, 11) is 0. The molecule has 5 amide bonds. The van der Waals surface area contributed by atoms with Crippen LogP contribution in [0.2, 0.25) is 0 Å². The summed E-state index contributed by atoms with van der Waals surface area (Å²) in [6.45, 7) is -0.194. The Balaban J connectivity index is 1.68. The monoisotopic (exact) mass is 729 g/mol. The maximum Gasteiger partial charge on any atom is 0.243 e. The molecule has 17 nitrogen and oxygen atoms in total. The van der Waals surface area contributed by atoms with Gasteiger partial charge in [0.05, 0.1) is 6.54 Å². The summed E-state index contributed by atoms with van der Waals surface area (Å²) < 4.78 is 0. The van der Waals surface area contributed by atoms with Crippen LogP contribution in [-0.4, -0.2) is 90.4 Å². The van der Waals surface area contributed by atoms with Crippen molar-refractivity contribution in [1.82, 2.24) is 26.6 Å². The van der Waals surface area contributed by atoms with Gasteiger partial charge in [-0.15, -0.1) is 0 Å². The number of phenols is 1. The van der Waals surface area contributed by atoms with Crippen LogP contribution in [0.4, 0.5) is 0 Å². The van der Waals surface area contributed by atoms with Gasteiger partial charge in [-0.05, 0) is 59.7 Å². The number of carbonyl (C=O) groups excluding carboxylic acids is 5. The SMILES string of the molecule is NC(N)=NCCC[C@@H]1NC(=O)[C@H](CCCN=C(N)N)NC(=O)[C@@H](Cc2ccc3ccccc3c2)NC(=O)CNC(=O)[C@@H](Cc2ccc(O)cc2)NC1=O. The molecule has 0 radical (unpaired) electrons. The lowest BCUT2D eigenvalue weighted by molar-refractivity contribution is -0.134. The van der Waals surface area contributed by atoms with Crippen molar-refractivity contribution in [3.63, 3.8) is 0 Å². The normalized spacial score (nSPS) is 20.0. The van der Waals surface area contributed by atoms with Crippen LogP contribution in [0.3, 0.4) is 0 Å². The van der Waals surface area contributed by atoms with Crippen LogP contribution in [-0.2, 0) is 36.8 Å². The Labute approximate surface area is 306 Å². The molecular weight excluding hydrogens is 682 g/mol. The van der Waals surface area contributed by atoms with Crippen LogP contribution in [0.25, 0.3) is 10.8 Å². The lowest BCUT2D eigenvalue weighted by Gasteiger charge is -2.26. The summed E-state index contributed by atoms with van der Waals surface area (Å²) in [6.07, 6.45) is 0.769. The standard InChI is InChI=1S/C36H47N11O6/c37-35(38)41-15-3-7-26-32(51)45-27(8-4-16-42-36(39)40)33(52)47-28(18-21-10-13-25(48)14-11-21)31(50)43-20-30(49)44-29(34(53)46-26)19-22-9-12-23-5-1-2-6-24(23)17-22/h1-2,5-6,9-14,17,26-29,48H,3-4,7-8,15-16,18-20H2,(H,43,50)(H,44,49)(H,45,51)(H,46,53)(H,47,52)(H4,37,38,41)(H4,39,40,42)/t26-,27-,28+,29+/m0/s1. The predicted molar refractivity (Wildman–Crippen MR) is 200 cm³/mol. The van der Waals surface area contributed by atoms with E-state index in [2.05, 4.69) is 36.6 Å². The Morgan fingerprint density at radius 3 is 1.68 bits per heavy atom. The lowest BCUT2D eigenvalue weighted by atomic mass is 10.0. The first-order chi connectivity index (χ1) is 25.4. The average Bonchev–Trinajstić information content (AvgIpc) is 3.12. The van der Waals surface area contributed by atoms with E-state index in [1.165, 1.54) is 12.1 Å². The van der Waals surface area contributed by atoms with Crippen molar-refractivity contribution >= 4 is 52.2 Å². The topological polar surface area (TPSA) is 295 Å². The van der Waals surface area contributed by atoms with Crippen molar-refractivity contribution in [2.24, 2.45) is 32.9 Å². The smallest absolute Gasteiger partial charge is 0.243 e. The number of guanidine groups is 2. The van der Waals surface area contributed by atoms with Gasteiger partial charge in [0.1, 0.15) is 29.9 Å². The van der Waals surface area contributed by atoms with Gasteiger partial charge >= 0.3 is 0 Å². The number of amides is 5. The first-order valence-corrected chi connectivity index (χ1v) is 17.2. The zero-order valence-corrected chi connectivity index (χ0v) is 29.2. The van der Waals surface area contributed by atoms with E-state index in [4.69, 9.17) is 22.9 Å². The van der Waals surface area contributed by atoms with Gasteiger partial charge in [0, 0.05) is 25.9 Å². The fraction of sp³-hybridized carbons (Fsp3) is 0.361. The minimum Gasteiger partial charge on any atom is -0.508 e. The van der Waals surface area contributed by atoms with E-state index in [9.17, 15) is 29.1 Å². The molecule has 17 heteroatoms. The maximum atomic E-state index is 13.9. The number of hydrogen-bond acceptors (Lipinski definition) is 8. The van der Waals surface area contributed by atoms with Crippen LogP contribution in [0.5, 0.6) is 5.75 Å². The number of rotatable bonds is 12. The number of nitrogens with one attached hydrogen (secondary N) is 5. The molecule has 14 N–H and O–H groups in total. The highest BCUT2D eigenvalue weighted by molar-refractivity contribution is 5.97. The molecule has 0 aromatic heterocycles. The molecule has 1 aliphatic rings. The van der Waals surface area contributed by atoms with E-state index < -0.39 is 60.2 Å². The quantitative estimate of drug-likeness (QED) is 0.0585. The number of benzene rings is 3. The summed E-state index contributed by atoms with van der Waals surface area (Å²) in [5.41, 5.74) is 23.2. The third kappa shape index (κ3) is 12.7. The lowest BCUT2D eigenvalue weighted by Crippen LogP contribution is -2.58. The molecule has 1 fully saturated rings. The van der Waals surface area contributed by atoms with Crippen molar-refractivity contribution in [3.8, 4) is 5.75 Å². The highest BCUT2D eigenvalue weighted by Gasteiger charge is 2.32. The van der Waals surface area contributed by atoms with Crippen LogP contribution in [0, 0.1) is 0 Å². The van der Waals surface area contributed by atoms with Gasteiger partial charge in [0.15, 0.2) is 11.9 Å². The van der Waals surface area contributed by atoms with Crippen molar-refractivity contribution < 1.29 is 29.1 Å². The Morgan fingerprint density at radius 2 is 1.09 bits per heavy atom. The van der Waals surface area contributed by atoms with Crippen LogP contribution >= 0.6 is 0 Å². The van der Waals surface area contributed by atoms with Gasteiger partial charge in [-0.2, -0.15) is 0 Å². The van der Waals surface area contributed by atoms with Gasteiger partial charge in [0.2, 0.25) is 29.5 Å². The van der Waals surface area contributed by atoms with Gasteiger partial charge < -0.3 is 54.6 Å². The first-order valence-electron chi connectivity index (χ1n) is 17.2. The zero-order chi connectivity index (χ0) is 38.3. The minimum absolute atomic E-state index is 0.00775. The molecule has 0 bridgehead atoms. The molecule has 0 saturated carbocycles. The van der Waals surface area contributed by atoms with Crippen LogP contribution in [0.1, 0.15) is 36.8 Å². The summed E-state index contributed by atoms with van der Waals surface area (Å²) in [6, 6.07) is 14.7. The number of hydrogen-bond donors (Lipinski definition) is 10. The third-order valence-corrected chi connectivity index (χ3v) is 8.49. The highest BCUT2D eigenvalue weighted by atomic mass is 16.3. The Kier molecular flexibility index (Phi) is 14.3. The number of carbonyl (C=O) groups is 5. The molecule has 0 aliphatic carbocycles. The molecular formula is C36H47N11O6. The third-order valence-electron chi connectivity index (χ3n) is 8.49. The van der Waals surface area contributed by atoms with E-state index in [1.54, 1.807) is 12.1 Å². The van der Waals surface area contributed by atoms with E-state index in [1.807, 2.05) is 42.5 Å². The van der Waals surface area contributed by atoms with E-state index in [0.29, 0.717) is 5.56 Å². The highest BCUT2D eigenvalue weighted by Crippen LogP contribution is 2.17. The largest absolute Gasteiger partial charge is 0.508 e. The molecule has 53 heavy (non-hydrogen) atoms. The van der Waals surface area contributed by atoms with Gasteiger partial charge in [-0.3, -0.25) is 34.0 Å². The van der Waals surface area contributed by atoms with Gasteiger partial charge in [0.25, 0.3) is 0 Å². The fourth-order valence-electron chi connectivity index (χ4n) is 5.79. The second-order valence-corrected chi connectivity index (χ2v) is 12.7. The first kappa shape index (κ1) is 39.4. The summed E-state index contributed by atoms with van der Waals surface area (Å²) in [5, 5.41) is 25.1. The molecule has 1 aliphatic heterocycles. The summed E-state index contributed by atoms with van der Waals surface area (Å²) in [4.78, 5) is 76.4. The maximum absolute atomic E-state index is 13.9. The van der Waals surface area contributed by atoms with E-state index in [0.717, 1.165) is 16.3 Å². The van der Waals surface area contributed by atoms with Gasteiger partial charge in [-0.25, -0.2) is 0 Å². The number of phenolic OH excluding ortho intramolecular Hbond substituents is 1. The van der Waals surface area contributed by atoms with Crippen molar-refractivity contribution in [2.75, 3.05) is 19.6 Å². The molecule has 282 valence electrons. The molecule has 3 aromatic rings. The fourth-order valence-corrected chi connectivity index (χ4v) is 5.79. The minimum atomic E-state index is -1.19. The predicted octanol–water partition coefficient (Wildman–Crippen LogP) is -1.49. The number of aromatic hydroxyl groups is 1. The summed E-state index contributed by atoms with van der Waals surface area (Å²) in [5.74, 6) is -3.66. The number of nitrogens with zero attached hydrogens (tertiary/aromatic N) is 2. The molecule has 3 aromatic carbocycles. The Hall–Kier alpha value is -6.39. The molecule has 0 unspecified atom stereocenters. The summed E-state index contributed by atoms with van der Waals surface area (Å²) >= 11 is 0. The number of fused-ring (bicyclic) bond motifs is 1. The van der Waals surface area contributed by atoms with E-state index in [-0.39, 0.29) is 69.3 Å². The van der Waals surface area contributed by atoms with Crippen molar-refractivity contribution in [3.05, 3.63) is 77.9 Å². The molecule has 1 saturated heterocycles. The number of nitrogens with two attached hydrogens (primary N) is 4. The second kappa shape index (κ2) is 19.3. The Morgan fingerprint density at radius 1 is 0.604 bits per heavy atom. The van der Waals surface area contributed by atoms with Crippen molar-refractivity contribution in [1.29, 1.82) is 0 Å². The van der Waals surface area contributed by atoms with Crippen LogP contribution < -0.4 is 49.5 Å². The second-order valence-electron chi connectivity index (χ2n) is 12.7. The molecule has 4 atom stereocenters. The van der Waals surface area contributed by atoms with Crippen LogP contribution in [0.15, 0.2) is 76.7 Å². The molecule has 1 heterocycles. The zero-order valence-electron chi connectivity index (χ0n) is 29.2.